The van der Waals surface area contributed by atoms with E-state index < -0.39 is 0 Å². The minimum absolute atomic E-state index is 0.235. The third kappa shape index (κ3) is 3.24. The van der Waals surface area contributed by atoms with E-state index >= 15 is 0 Å². The van der Waals surface area contributed by atoms with Crippen molar-refractivity contribution in [1.82, 2.24) is 9.80 Å². The Balaban J connectivity index is 1.54. The summed E-state index contributed by atoms with van der Waals surface area (Å²) < 4.78 is 5.63. The van der Waals surface area contributed by atoms with Crippen LogP contribution >= 0.6 is 0 Å². The van der Waals surface area contributed by atoms with Gasteiger partial charge in [-0.1, -0.05) is 30.3 Å². The van der Waals surface area contributed by atoms with Gasteiger partial charge in [-0.3, -0.25) is 19.4 Å². The molecule has 118 valence electrons. The first-order valence-corrected chi connectivity index (χ1v) is 7.48. The smallest absolute Gasteiger partial charge is 0.262 e. The number of hydrogen-bond donors (Lipinski definition) is 0. The van der Waals surface area contributed by atoms with Crippen LogP contribution in [0.15, 0.2) is 54.6 Å². The van der Waals surface area contributed by atoms with E-state index in [0.717, 1.165) is 5.75 Å². The average Bonchev–Trinajstić information content (AvgIpc) is 2.81. The Morgan fingerprint density at radius 2 is 1.48 bits per heavy atom. The second-order valence-corrected chi connectivity index (χ2v) is 5.47. The maximum absolute atomic E-state index is 12.3. The van der Waals surface area contributed by atoms with Crippen molar-refractivity contribution in [3.8, 4) is 5.75 Å². The van der Waals surface area contributed by atoms with Crippen LogP contribution in [0.3, 0.4) is 0 Å². The van der Waals surface area contributed by atoms with Crippen molar-refractivity contribution in [2.45, 2.75) is 0 Å². The molecule has 0 spiro atoms. The fourth-order valence-electron chi connectivity index (χ4n) is 2.52. The summed E-state index contributed by atoms with van der Waals surface area (Å²) in [5.74, 6) is 0.337. The summed E-state index contributed by atoms with van der Waals surface area (Å²) in [7, 11) is 1.86. The Hall–Kier alpha value is -2.66. The van der Waals surface area contributed by atoms with Crippen LogP contribution in [-0.2, 0) is 0 Å². The van der Waals surface area contributed by atoms with Crippen molar-refractivity contribution >= 4 is 11.8 Å². The first kappa shape index (κ1) is 15.2. The quantitative estimate of drug-likeness (QED) is 0.768. The minimum Gasteiger partial charge on any atom is -0.492 e. The van der Waals surface area contributed by atoms with E-state index in [9.17, 15) is 9.59 Å². The molecule has 0 fully saturated rings. The Labute approximate surface area is 135 Å². The van der Waals surface area contributed by atoms with Crippen molar-refractivity contribution in [2.75, 3.05) is 26.9 Å². The molecule has 0 atom stereocenters. The second-order valence-electron chi connectivity index (χ2n) is 5.47. The molecule has 23 heavy (non-hydrogen) atoms. The zero-order valence-electron chi connectivity index (χ0n) is 12.9. The monoisotopic (exact) mass is 310 g/mol. The van der Waals surface area contributed by atoms with Gasteiger partial charge in [-0.25, -0.2) is 0 Å². The molecule has 0 aliphatic carbocycles. The molecule has 5 nitrogen and oxygen atoms in total. The highest BCUT2D eigenvalue weighted by Gasteiger charge is 2.35. The number of fused-ring (bicyclic) bond motifs is 1. The fraction of sp³-hybridized carbons (Fsp3) is 0.222. The number of ether oxygens (including phenoxy) is 1. The predicted molar refractivity (Wildman–Crippen MR) is 86.4 cm³/mol. The summed E-state index contributed by atoms with van der Waals surface area (Å²) in [6.07, 6.45) is 0. The molecule has 0 radical (unpaired) electrons. The van der Waals surface area contributed by atoms with Gasteiger partial charge < -0.3 is 4.74 Å². The summed E-state index contributed by atoms with van der Waals surface area (Å²) in [6, 6.07) is 16.5. The van der Waals surface area contributed by atoms with Gasteiger partial charge in [-0.15, -0.1) is 0 Å². The Kier molecular flexibility index (Phi) is 4.39. The molecule has 1 aliphatic heterocycles. The highest BCUT2D eigenvalue weighted by molar-refractivity contribution is 6.21. The highest BCUT2D eigenvalue weighted by atomic mass is 16.5. The molecule has 2 aromatic carbocycles. The van der Waals surface area contributed by atoms with Crippen molar-refractivity contribution < 1.29 is 14.3 Å². The van der Waals surface area contributed by atoms with Crippen LogP contribution in [0, 0.1) is 0 Å². The number of hydrogen-bond acceptors (Lipinski definition) is 4. The largest absolute Gasteiger partial charge is 0.492 e. The van der Waals surface area contributed by atoms with E-state index in [-0.39, 0.29) is 18.5 Å². The van der Waals surface area contributed by atoms with Crippen LogP contribution in [-0.4, -0.2) is 48.5 Å². The van der Waals surface area contributed by atoms with Gasteiger partial charge in [0.05, 0.1) is 17.8 Å². The first-order valence-electron chi connectivity index (χ1n) is 7.48. The van der Waals surface area contributed by atoms with Gasteiger partial charge in [-0.2, -0.15) is 0 Å². The van der Waals surface area contributed by atoms with Gasteiger partial charge in [0, 0.05) is 6.54 Å². The summed E-state index contributed by atoms with van der Waals surface area (Å²) in [6.45, 7) is 1.36. The van der Waals surface area contributed by atoms with Crippen molar-refractivity contribution in [3.05, 3.63) is 65.7 Å². The summed E-state index contributed by atoms with van der Waals surface area (Å²) in [5, 5.41) is 0. The maximum Gasteiger partial charge on any atom is 0.262 e. The number of carbonyl (C=O) groups excluding carboxylic acids is 2. The minimum atomic E-state index is -0.235. The Morgan fingerprint density at radius 1 is 0.913 bits per heavy atom. The number of rotatable bonds is 6. The molecule has 2 aromatic rings. The average molecular weight is 310 g/mol. The van der Waals surface area contributed by atoms with Crippen LogP contribution in [0.5, 0.6) is 5.75 Å². The van der Waals surface area contributed by atoms with Crippen molar-refractivity contribution in [1.29, 1.82) is 0 Å². The number of para-hydroxylation sites is 1. The van der Waals surface area contributed by atoms with E-state index in [0.29, 0.717) is 24.3 Å². The van der Waals surface area contributed by atoms with Crippen molar-refractivity contribution in [3.63, 3.8) is 0 Å². The van der Waals surface area contributed by atoms with Crippen LogP contribution < -0.4 is 4.74 Å². The maximum atomic E-state index is 12.3. The third-order valence-electron chi connectivity index (χ3n) is 3.75. The molecule has 1 heterocycles. The van der Waals surface area contributed by atoms with Gasteiger partial charge in [0.25, 0.3) is 11.8 Å². The molecule has 0 unspecified atom stereocenters. The molecule has 0 saturated carbocycles. The number of amides is 2. The van der Waals surface area contributed by atoms with Gasteiger partial charge in [0.1, 0.15) is 12.4 Å². The van der Waals surface area contributed by atoms with Gasteiger partial charge in [0.2, 0.25) is 0 Å². The number of imide groups is 1. The summed E-state index contributed by atoms with van der Waals surface area (Å²) >= 11 is 0. The van der Waals surface area contributed by atoms with E-state index in [2.05, 4.69) is 0 Å². The molecule has 3 rings (SSSR count). The van der Waals surface area contributed by atoms with E-state index in [1.165, 1.54) is 4.90 Å². The number of carbonyl (C=O) groups is 2. The third-order valence-corrected chi connectivity index (χ3v) is 3.75. The molecule has 2 amide bonds. The second kappa shape index (κ2) is 6.62. The van der Waals surface area contributed by atoms with Crippen molar-refractivity contribution in [2.24, 2.45) is 0 Å². The fourth-order valence-corrected chi connectivity index (χ4v) is 2.52. The Morgan fingerprint density at radius 3 is 2.09 bits per heavy atom. The van der Waals surface area contributed by atoms with Crippen LogP contribution in [0.2, 0.25) is 0 Å². The van der Waals surface area contributed by atoms with Gasteiger partial charge in [-0.05, 0) is 31.3 Å². The molecular formula is C18H18N2O3. The zero-order valence-corrected chi connectivity index (χ0v) is 12.9. The van der Waals surface area contributed by atoms with E-state index in [4.69, 9.17) is 4.74 Å². The lowest BCUT2D eigenvalue weighted by atomic mass is 10.1. The zero-order chi connectivity index (χ0) is 16.2. The summed E-state index contributed by atoms with van der Waals surface area (Å²) in [4.78, 5) is 27.7. The first-order chi connectivity index (χ1) is 11.2. The van der Waals surface area contributed by atoms with Gasteiger partial charge in [0.15, 0.2) is 0 Å². The predicted octanol–water partition coefficient (Wildman–Crippen LogP) is 2.25. The molecule has 0 aromatic heterocycles. The van der Waals surface area contributed by atoms with E-state index in [1.807, 2.05) is 42.3 Å². The van der Waals surface area contributed by atoms with Crippen LogP contribution in [0.1, 0.15) is 20.7 Å². The lowest BCUT2D eigenvalue weighted by molar-refractivity contribution is 0.0553. The van der Waals surface area contributed by atoms with Crippen LogP contribution in [0.4, 0.5) is 0 Å². The molecule has 5 heteroatoms. The Bertz CT molecular complexity index is 680. The number of nitrogens with zero attached hydrogens (tertiary/aromatic N) is 2. The molecule has 0 bridgehead atoms. The van der Waals surface area contributed by atoms with E-state index in [1.54, 1.807) is 24.3 Å². The van der Waals surface area contributed by atoms with Gasteiger partial charge >= 0.3 is 0 Å². The van der Waals surface area contributed by atoms with Crippen LogP contribution in [0.25, 0.3) is 0 Å². The molecule has 0 N–H and O–H groups in total. The number of benzene rings is 2. The number of likely N-dealkylation sites (N-methyl/N-ethyl adjacent to an activating group) is 1. The molecule has 1 aliphatic rings. The topological polar surface area (TPSA) is 49.9 Å². The highest BCUT2D eigenvalue weighted by Crippen LogP contribution is 2.22. The standard InChI is InChI=1S/C18H18N2O3/c1-19(11-12-23-14-7-3-2-4-8-14)13-20-17(21)15-9-5-6-10-16(15)18(20)22/h2-10H,11-13H2,1H3. The normalized spacial score (nSPS) is 13.6. The molecular weight excluding hydrogens is 292 g/mol. The summed E-state index contributed by atoms with van der Waals surface area (Å²) in [5.41, 5.74) is 0.956. The lowest BCUT2D eigenvalue weighted by Crippen LogP contribution is -2.40. The lowest BCUT2D eigenvalue weighted by Gasteiger charge is -2.22. The molecule has 0 saturated heterocycles. The SMILES string of the molecule is CN(CCOc1ccccc1)CN1C(=O)c2ccccc2C1=O.